The maximum atomic E-state index is 14.3. The van der Waals surface area contributed by atoms with Crippen molar-refractivity contribution in [3.63, 3.8) is 0 Å². The lowest BCUT2D eigenvalue weighted by atomic mass is 9.94. The van der Waals surface area contributed by atoms with Crippen LogP contribution in [-0.4, -0.2) is 363 Å². The fourth-order valence-corrected chi connectivity index (χ4v) is 13.8. The first-order valence-corrected chi connectivity index (χ1v) is 39.2. The Morgan fingerprint density at radius 1 is 0.491 bits per heavy atom. The zero-order valence-corrected chi connectivity index (χ0v) is 60.3. The fraction of sp³-hybridized carbons (Fsp3) is 0.857. The van der Waals surface area contributed by atoms with E-state index in [1.54, 1.807) is 0 Å². The summed E-state index contributed by atoms with van der Waals surface area (Å²) in [6, 6.07) is -5.11. The molecule has 11 unspecified atom stereocenters. The number of aliphatic hydroxyl groups excluding tert-OH is 7. The van der Waals surface area contributed by atoms with E-state index in [1.165, 1.54) is 0 Å². The van der Waals surface area contributed by atoms with Gasteiger partial charge >= 0.3 is 95.1 Å². The highest BCUT2D eigenvalue weighted by atomic mass is 32.3. The second kappa shape index (κ2) is 37.9. The van der Waals surface area contributed by atoms with Gasteiger partial charge < -0.3 is 98.5 Å². The van der Waals surface area contributed by atoms with E-state index in [-0.39, 0.29) is 6.08 Å². The molecular weight excluding hydrogens is 1650 g/mol. The van der Waals surface area contributed by atoms with Crippen LogP contribution in [0.25, 0.3) is 0 Å². The van der Waals surface area contributed by atoms with E-state index >= 15 is 0 Å². The number of amides is 2. The predicted molar refractivity (Wildman–Crippen MR) is 316 cm³/mol. The van der Waals surface area contributed by atoms with Crippen molar-refractivity contribution < 1.29 is 244 Å². The zero-order valence-electron chi connectivity index (χ0n) is 53.8. The minimum absolute atomic E-state index is 0.122. The van der Waals surface area contributed by atoms with Gasteiger partial charge in [0.25, 0.3) is 0 Å². The number of carbonyl (C=O) groups excluding carboxylic acids is 4. The van der Waals surface area contributed by atoms with Crippen molar-refractivity contribution in [2.24, 2.45) is 0 Å². The van der Waals surface area contributed by atoms with Gasteiger partial charge in [0.2, 0.25) is 11.8 Å². The highest BCUT2D eigenvalue weighted by Crippen LogP contribution is 2.39. The van der Waals surface area contributed by atoms with E-state index in [1.807, 2.05) is 10.6 Å². The van der Waals surface area contributed by atoms with Crippen LogP contribution < -0.4 is 10.6 Å². The van der Waals surface area contributed by atoms with Crippen molar-refractivity contribution in [3.8, 4) is 0 Å². The maximum Gasteiger partial charge on any atom is 0.397 e. The number of carbonyl (C=O) groups is 4. The third-order valence-corrected chi connectivity index (χ3v) is 17.7. The lowest BCUT2D eigenvalue weighted by molar-refractivity contribution is -0.378. The molecule has 0 aromatic carbocycles. The molecule has 0 spiro atoms. The Kier molecular flexibility index (Phi) is 33.6. The molecule has 4 saturated heterocycles. The number of ether oxygens (including phenoxy) is 11. The Balaban J connectivity index is 2.13. The quantitative estimate of drug-likeness (QED) is 0.0118. The number of hydrogen-bond acceptors (Lipinski definition) is 46. The van der Waals surface area contributed by atoms with Crippen LogP contribution in [0.5, 0.6) is 0 Å². The minimum Gasteiger partial charge on any atom is -0.502 e. The Morgan fingerprint density at radius 3 is 1.41 bits per heavy atom. The number of esters is 2. The van der Waals surface area contributed by atoms with Gasteiger partial charge in [0, 0.05) is 13.8 Å². The Labute approximate surface area is 598 Å². The molecule has 4 heterocycles. The van der Waals surface area contributed by atoms with Gasteiger partial charge in [-0.2, -0.15) is 67.3 Å². The summed E-state index contributed by atoms with van der Waals surface area (Å²) in [4.78, 5) is 52.9. The molecule has 17 N–H and O–H groups in total. The summed E-state index contributed by atoms with van der Waals surface area (Å²) >= 11 is 0. The Morgan fingerprint density at radius 2 is 0.962 bits per heavy atom. The highest BCUT2D eigenvalue weighted by molar-refractivity contribution is 7.82. The Hall–Kier alpha value is -4.22. The van der Waals surface area contributed by atoms with Gasteiger partial charge in [-0.25, -0.2) is 43.1 Å². The summed E-state index contributed by atoms with van der Waals surface area (Å²) in [6.45, 7) is -4.39. The first-order valence-electron chi connectivity index (χ1n) is 28.3. The van der Waals surface area contributed by atoms with Gasteiger partial charge in [-0.3, -0.25) is 46.0 Å². The van der Waals surface area contributed by atoms with Gasteiger partial charge in [-0.05, 0) is 19.9 Å². The molecule has 26 atom stereocenters. The lowest BCUT2D eigenvalue weighted by Gasteiger charge is -2.50. The molecule has 0 aliphatic carbocycles. The molecule has 0 aromatic heterocycles. The molecule has 4 rings (SSSR count). The smallest absolute Gasteiger partial charge is 0.397 e. The van der Waals surface area contributed by atoms with Crippen LogP contribution in [0.4, 0.5) is 0 Å². The molecule has 0 aromatic rings. The average Bonchev–Trinajstić information content (AvgIpc) is 0.764. The highest BCUT2D eigenvalue weighted by Gasteiger charge is 2.60. The number of rotatable bonds is 39. The first-order chi connectivity index (χ1) is 48.2. The maximum absolute atomic E-state index is 14.3. The van der Waals surface area contributed by atoms with E-state index in [0.29, 0.717) is 28.1 Å². The summed E-state index contributed by atoms with van der Waals surface area (Å²) in [7, 11) is -46.2. The van der Waals surface area contributed by atoms with E-state index < -0.39 is 298 Å². The molecule has 64 heteroatoms. The average molecular weight is 1720 g/mol. The second-order valence-corrected chi connectivity index (χ2v) is 30.3. The van der Waals surface area contributed by atoms with Crippen LogP contribution in [0.1, 0.15) is 27.7 Å². The summed E-state index contributed by atoms with van der Waals surface area (Å²) in [5, 5.41) is 83.4. The molecule has 0 radical (unpaired) electrons. The molecule has 4 aliphatic heterocycles. The molecule has 0 saturated carbocycles. The van der Waals surface area contributed by atoms with Crippen molar-refractivity contribution in [1.29, 1.82) is 0 Å². The molecule has 4 aliphatic rings. The fourth-order valence-electron chi connectivity index (χ4n) is 10.1. The summed E-state index contributed by atoms with van der Waals surface area (Å²) in [6.07, 6.45) is -68.1. The van der Waals surface area contributed by atoms with Crippen LogP contribution in [0.2, 0.25) is 0 Å². The standard InChI is InChI=1S/C42H70N2O54S8/c1-12-26(93-101(62,63)64)23(51)33(97-105(74,75)76)41(85-12)87-20(7-17(48)37(54)80-5)18(49)9-82-31-22(44-15(4)47)39(88-21(11-84-100(59,60)61)30(31)96-104(71,72)73)91-35-32(90-42-34(98-106(77,78)79)24(52)27(13(2)86-42)94-102(65,66)67)25(53)40(92-36(35)38(55)81-6)89-28(16(8-45)43-14(3)46)29(95-103(68,69)70)19(50)10-83-99(56,57)58/h7,12-13,16,18-36,39-42,45,48-53H,8-11H2,1-6H3,(H,43,46)(H,44,47)(H,56,57,58)(H,59,60,61)(H,62,63,64)(H,65,66,67)(H,68,69,70)(H,71,72,73)(H,74,75,76)(H,77,78,79)/b17-7-/t12?,13?,16?,18?,19?,20-,21?,22?,23-,24-,25-,26+,27+,28+,29-,30-,31+,32?,33?,34?,35-,36?,39-,40+,41-,42-/m0/s1. The van der Waals surface area contributed by atoms with Crippen LogP contribution >= 0.6 is 0 Å². The lowest BCUT2D eigenvalue weighted by Crippen LogP contribution is -2.70. The molecule has 0 bridgehead atoms. The van der Waals surface area contributed by atoms with Crippen molar-refractivity contribution in [2.45, 2.75) is 187 Å². The van der Waals surface area contributed by atoms with E-state index in [0.717, 1.165) is 13.8 Å². The molecule has 106 heavy (non-hydrogen) atoms. The van der Waals surface area contributed by atoms with Crippen LogP contribution in [0.15, 0.2) is 11.8 Å². The van der Waals surface area contributed by atoms with Gasteiger partial charge in [-0.1, -0.05) is 0 Å². The second-order valence-electron chi connectivity index (χ2n) is 21.8. The van der Waals surface area contributed by atoms with Gasteiger partial charge in [-0.15, -0.1) is 0 Å². The molecule has 56 nitrogen and oxygen atoms in total. The normalized spacial score (nSPS) is 32.3. The summed E-state index contributed by atoms with van der Waals surface area (Å²) in [5.74, 6) is -8.07. The van der Waals surface area contributed by atoms with E-state index in [9.17, 15) is 159 Å². The van der Waals surface area contributed by atoms with Crippen LogP contribution in [-0.2, 0) is 188 Å². The van der Waals surface area contributed by atoms with Crippen molar-refractivity contribution in [1.82, 2.24) is 10.6 Å². The van der Waals surface area contributed by atoms with Crippen molar-refractivity contribution >= 4 is 107 Å². The van der Waals surface area contributed by atoms with Gasteiger partial charge in [0.15, 0.2) is 49.2 Å². The topological polar surface area (TPSA) is 844 Å². The molecule has 620 valence electrons. The molecule has 4 fully saturated rings. The van der Waals surface area contributed by atoms with Crippen molar-refractivity contribution in [3.05, 3.63) is 11.8 Å². The summed E-state index contributed by atoms with van der Waals surface area (Å²) in [5.41, 5.74) is 0. The van der Waals surface area contributed by atoms with E-state index in [4.69, 9.17) is 51.6 Å². The number of nitrogens with one attached hydrogen (secondary N) is 2. The SMILES string of the molecule is COC(=O)/C(O)=C/[C@H](O[C@@H]1OC(C)[C@@H](OS(=O)(=O)O)[C@H](O)C1OS(=O)(=O)O)C(O)CO[C@@H]1C(NC(C)=O)[C@H](O[C@@H]2C(C(=O)OC)O[C@@H](O[C@H](C(CO)NC(C)=O)[C@@H](OS(=O)(=O)O)C(O)COS(=O)(=O)O)[C@@H](O)C2O[C@@H]2OC(C)[C@@H](OS(=O)(=O)O)[C@H](O)C2OS(=O)(=O)O)OC(COS(=O)(=O)O)[C@@H]1OS(=O)(=O)O. The van der Waals surface area contributed by atoms with Crippen molar-refractivity contribution in [2.75, 3.05) is 40.6 Å². The zero-order chi connectivity index (χ0) is 81.3. The minimum atomic E-state index is -6.17. The molecular formula is C42H70N2O54S8. The molecule has 2 amide bonds. The Bertz CT molecular complexity index is 4000. The summed E-state index contributed by atoms with van der Waals surface area (Å²) < 4.78 is 367. The van der Waals surface area contributed by atoms with E-state index in [2.05, 4.69) is 34.0 Å². The van der Waals surface area contributed by atoms with Gasteiger partial charge in [0.05, 0.1) is 58.9 Å². The first kappa shape index (κ1) is 94.2. The third kappa shape index (κ3) is 29.8. The largest absolute Gasteiger partial charge is 0.502 e. The van der Waals surface area contributed by atoms with Crippen LogP contribution in [0.3, 0.4) is 0 Å². The predicted octanol–water partition coefficient (Wildman–Crippen LogP) is -11.8. The monoisotopic (exact) mass is 1720 g/mol. The third-order valence-electron chi connectivity index (χ3n) is 14.0. The number of hydrogen-bond donors (Lipinski definition) is 17. The van der Waals surface area contributed by atoms with Crippen LogP contribution in [0, 0.1) is 0 Å². The van der Waals surface area contributed by atoms with Gasteiger partial charge in [0.1, 0.15) is 97.6 Å². The number of methoxy groups -OCH3 is 2. The number of aliphatic hydroxyl groups is 7.